The van der Waals surface area contributed by atoms with E-state index in [-0.39, 0.29) is 33.7 Å². The number of nitrogens with zero attached hydrogens (tertiary/aromatic N) is 7. The van der Waals surface area contributed by atoms with Crippen LogP contribution in [0.25, 0.3) is 11.4 Å². The number of anilines is 3. The van der Waals surface area contributed by atoms with Gasteiger partial charge in [-0.25, -0.2) is 26.3 Å². The molecule has 12 nitrogen and oxygen atoms in total. The molecule has 5 N–H and O–H groups in total. The summed E-state index contributed by atoms with van der Waals surface area (Å²) >= 11 is 11.4. The molecule has 0 spiro atoms. The van der Waals surface area contributed by atoms with Gasteiger partial charge in [0.15, 0.2) is 29.1 Å². The molecule has 0 bridgehead atoms. The maximum absolute atomic E-state index is 14.9. The fourth-order valence-corrected chi connectivity index (χ4v) is 9.35. The van der Waals surface area contributed by atoms with Crippen molar-refractivity contribution in [3.05, 3.63) is 206 Å². The predicted octanol–water partition coefficient (Wildman–Crippen LogP) is 12.4. The predicted molar refractivity (Wildman–Crippen MR) is 304 cm³/mol. The Morgan fingerprint density at radius 1 is 0.641 bits per heavy atom. The Morgan fingerprint density at radius 2 is 1.06 bits per heavy atom. The van der Waals surface area contributed by atoms with Crippen molar-refractivity contribution in [3.63, 3.8) is 0 Å². The number of fused-ring (bicyclic) bond motifs is 7. The van der Waals surface area contributed by atoms with E-state index in [4.69, 9.17) is 18.0 Å². The van der Waals surface area contributed by atoms with Crippen molar-refractivity contribution in [2.24, 2.45) is 10.0 Å². The van der Waals surface area contributed by atoms with Gasteiger partial charge in [0.05, 0.1) is 39.0 Å². The van der Waals surface area contributed by atoms with Gasteiger partial charge in [-0.1, -0.05) is 103 Å². The first-order chi connectivity index (χ1) is 37.0. The number of rotatable bonds is 7. The van der Waals surface area contributed by atoms with E-state index in [0.717, 1.165) is 33.7 Å². The second-order valence-corrected chi connectivity index (χ2v) is 21.3. The molecule has 0 saturated heterocycles. The number of nitrogens with two attached hydrogens (primary N) is 1. The van der Waals surface area contributed by atoms with E-state index in [1.54, 1.807) is 9.13 Å². The number of hydrogen-bond donors (Lipinski definition) is 5. The number of carbonyl (C=O) groups is 1. The van der Waals surface area contributed by atoms with Crippen LogP contribution in [-0.2, 0) is 41.6 Å². The normalized spacial score (nSPS) is 14.2. The van der Waals surface area contributed by atoms with Crippen molar-refractivity contribution >= 4 is 76.3 Å². The van der Waals surface area contributed by atoms with Crippen molar-refractivity contribution in [2.75, 3.05) is 22.5 Å². The average molecular weight is 1170 g/mol. The molecule has 0 aliphatic carbocycles. The molecule has 0 atom stereocenters. The molecular formula is C56H54BBrF6N11OS2. The van der Waals surface area contributed by atoms with Gasteiger partial charge in [-0.15, -0.1) is 20.4 Å². The molecule has 0 amide bonds. The third kappa shape index (κ3) is 13.5. The fourth-order valence-electron chi connectivity index (χ4n) is 8.85. The second-order valence-electron chi connectivity index (χ2n) is 19.8. The number of thiol groups is 1. The quantitative estimate of drug-likeness (QED) is 0.0343. The van der Waals surface area contributed by atoms with Crippen molar-refractivity contribution in [1.29, 1.82) is 0 Å². The average Bonchev–Trinajstić information content (AvgIpc) is 4.03. The summed E-state index contributed by atoms with van der Waals surface area (Å²) < 4.78 is 89.3. The van der Waals surface area contributed by atoms with Crippen LogP contribution >= 0.6 is 41.0 Å². The van der Waals surface area contributed by atoms with Gasteiger partial charge < -0.3 is 21.7 Å². The summed E-state index contributed by atoms with van der Waals surface area (Å²) in [5.74, 6) is -1.18. The van der Waals surface area contributed by atoms with Gasteiger partial charge >= 0.3 is 24.8 Å². The Hall–Kier alpha value is -7.01. The molecule has 0 unspecified atom stereocenters. The molecule has 3 aliphatic heterocycles. The Bertz CT molecular complexity index is 3480. The van der Waals surface area contributed by atoms with Crippen molar-refractivity contribution in [3.8, 4) is 11.4 Å². The van der Waals surface area contributed by atoms with Crippen LogP contribution in [0.5, 0.6) is 0 Å². The van der Waals surface area contributed by atoms with Gasteiger partial charge in [-0.3, -0.25) is 13.9 Å². The van der Waals surface area contributed by atoms with Gasteiger partial charge in [-0.2, -0.15) is 0 Å². The van der Waals surface area contributed by atoms with Crippen LogP contribution in [0, 0.1) is 34.9 Å². The van der Waals surface area contributed by atoms with Gasteiger partial charge in [0.25, 0.3) is 0 Å². The monoisotopic (exact) mass is 1160 g/mol. The minimum atomic E-state index is -0.673. The molecule has 8 aromatic rings. The summed E-state index contributed by atoms with van der Waals surface area (Å²) in [5.41, 5.74) is 8.95. The van der Waals surface area contributed by atoms with Crippen molar-refractivity contribution in [1.82, 2.24) is 29.5 Å². The van der Waals surface area contributed by atoms with E-state index < -0.39 is 46.0 Å². The van der Waals surface area contributed by atoms with Crippen molar-refractivity contribution in [2.45, 2.75) is 83.8 Å². The van der Waals surface area contributed by atoms with E-state index in [9.17, 15) is 31.1 Å². The summed E-state index contributed by atoms with van der Waals surface area (Å²) in [7, 11) is 4.34. The number of ketones is 1. The number of nitrogens with one attached hydrogen (secondary N) is 3. The molecule has 6 aromatic carbocycles. The SMILES string of the molecule is CC1(C)Nc2cc(F)c(Br)c(F)c2-n2c(Cc3ccccc3)nnc21.CC1(C)Nc2cc(F)cc(F)c2-n2c(Cc3ccccc3)nnc21.CC1(C)Nc2cc(F)cc(F)c2CC1=S.NCC(=O)Cc1ccccc1.[B]=NS. The number of thiocarbonyl (C=S) groups is 1. The molecule has 1 radical (unpaired) electrons. The first-order valence-electron chi connectivity index (χ1n) is 24.3. The first-order valence-corrected chi connectivity index (χ1v) is 25.9. The molecular weight excluding hydrogens is 1110 g/mol. The van der Waals surface area contributed by atoms with Gasteiger partial charge in [0.2, 0.25) is 0 Å². The number of hydrogen-bond acceptors (Lipinski definition) is 12. The number of benzene rings is 6. The third-order valence-electron chi connectivity index (χ3n) is 12.6. The molecule has 5 heterocycles. The summed E-state index contributed by atoms with van der Waals surface area (Å²) in [6.45, 7) is 11.6. The summed E-state index contributed by atoms with van der Waals surface area (Å²) in [6.07, 6.45) is 1.85. The summed E-state index contributed by atoms with van der Waals surface area (Å²) in [5, 5.41) is 26.4. The van der Waals surface area contributed by atoms with Gasteiger partial charge in [0.1, 0.15) is 46.3 Å². The number of carbonyl (C=O) groups excluding carboxylic acids is 1. The van der Waals surface area contributed by atoms with E-state index in [1.807, 2.05) is 133 Å². The molecule has 0 fully saturated rings. The zero-order chi connectivity index (χ0) is 56.7. The standard InChI is InChI=1S/C18H15BrF2N4.C18H16F2N4.C11H11F2NS.C9H11NO.BHNS/c1-18(2)17-24-23-13(8-10-6-4-3-5-7-10)25(17)16-12(22-18)9-11(20)14(19)15(16)21;1-18(2)17-23-22-15(8-11-6-4-3-5-7-11)24(17)16-13(20)9-12(19)10-14(16)21-18;1-11(2)10(15)5-7-8(13)3-6(12)4-9(7)14-11;10-7-9(11)6-8-4-2-1-3-5-8;1-2-3/h3-7,9,22H,8H2,1-2H3;3-7,9-10,21H,8H2,1-2H3;3-4,14H,5H2,1-2H3;1-5H,6-7,10H2;3H. The van der Waals surface area contributed by atoms with Crippen LogP contribution in [0.3, 0.4) is 0 Å². The Morgan fingerprint density at radius 3 is 1.55 bits per heavy atom. The van der Waals surface area contributed by atoms with Crippen LogP contribution in [0.2, 0.25) is 0 Å². The fraction of sp³-hybridized carbons (Fsp3) is 0.250. The first kappa shape index (κ1) is 58.7. The zero-order valence-electron chi connectivity index (χ0n) is 43.3. The van der Waals surface area contributed by atoms with E-state index in [2.05, 4.69) is 77.0 Å². The van der Waals surface area contributed by atoms with Crippen LogP contribution in [0.4, 0.5) is 43.4 Å². The number of Topliss-reactive ketones (excluding diaryl/α,β-unsaturated/α-hetero) is 1. The Kier molecular flexibility index (Phi) is 18.6. The third-order valence-corrected chi connectivity index (χ3v) is 14.0. The van der Waals surface area contributed by atoms with Crippen LogP contribution in [0.1, 0.15) is 87.1 Å². The van der Waals surface area contributed by atoms with Crippen LogP contribution in [-0.4, -0.2) is 59.9 Å². The molecule has 0 saturated carbocycles. The Labute approximate surface area is 468 Å². The Balaban J connectivity index is 0.000000155. The zero-order valence-corrected chi connectivity index (χ0v) is 46.6. The summed E-state index contributed by atoms with van der Waals surface area (Å²) in [6, 6.07) is 34.8. The molecule has 78 heavy (non-hydrogen) atoms. The van der Waals surface area contributed by atoms with Crippen LogP contribution < -0.4 is 21.7 Å². The topological polar surface area (TPSA) is 153 Å². The molecule has 22 heteroatoms. The molecule has 403 valence electrons. The van der Waals surface area contributed by atoms with E-state index >= 15 is 0 Å². The number of halogens is 7. The van der Waals surface area contributed by atoms with E-state index in [1.165, 1.54) is 18.2 Å². The molecule has 11 rings (SSSR count). The second kappa shape index (κ2) is 24.8. The van der Waals surface area contributed by atoms with Gasteiger partial charge in [-0.05, 0) is 86.3 Å². The van der Waals surface area contributed by atoms with Crippen molar-refractivity contribution < 1.29 is 31.1 Å². The van der Waals surface area contributed by atoms with Gasteiger partial charge in [0, 0.05) is 60.0 Å². The van der Waals surface area contributed by atoms with Crippen LogP contribution in [0.15, 0.2) is 130 Å². The molecule has 3 aliphatic rings. The minimum absolute atomic E-state index is 0.0798. The summed E-state index contributed by atoms with van der Waals surface area (Å²) in [4.78, 5) is 11.6. The van der Waals surface area contributed by atoms with E-state index in [0.29, 0.717) is 71.6 Å². The maximum atomic E-state index is 14.9. The molecule has 2 aromatic heterocycles. The number of aromatic nitrogens is 6.